The first-order valence-electron chi connectivity index (χ1n) is 17.3. The SMILES string of the molecule is CCN(c1cc(-c2ccc(CN3CCOCC3)cc2)cc(C(=O)NCC2C(=O)NC(C)CC2C)c1C)[C@H]1CC[C@H](NC(C)=O)CC1. The highest BCUT2D eigenvalue weighted by atomic mass is 16.5. The Kier molecular flexibility index (Phi) is 11.4. The smallest absolute Gasteiger partial charge is 0.251 e. The topological polar surface area (TPSA) is 103 Å². The van der Waals surface area contributed by atoms with Crippen LogP contribution in [-0.2, 0) is 20.9 Å². The van der Waals surface area contributed by atoms with Gasteiger partial charge in [0.1, 0.15) is 0 Å². The molecule has 0 spiro atoms. The molecule has 9 nitrogen and oxygen atoms in total. The van der Waals surface area contributed by atoms with Crippen LogP contribution in [0.3, 0.4) is 0 Å². The molecule has 5 rings (SSSR count). The van der Waals surface area contributed by atoms with E-state index in [1.807, 2.05) is 19.9 Å². The zero-order valence-electron chi connectivity index (χ0n) is 28.4. The van der Waals surface area contributed by atoms with Crippen molar-refractivity contribution in [1.82, 2.24) is 20.9 Å². The highest BCUT2D eigenvalue weighted by Gasteiger charge is 2.33. The van der Waals surface area contributed by atoms with Crippen molar-refractivity contribution in [1.29, 1.82) is 0 Å². The highest BCUT2D eigenvalue weighted by Crippen LogP contribution is 2.35. The molecule has 2 saturated heterocycles. The van der Waals surface area contributed by atoms with Gasteiger partial charge in [0.25, 0.3) is 5.91 Å². The van der Waals surface area contributed by atoms with E-state index in [1.165, 1.54) is 5.56 Å². The van der Waals surface area contributed by atoms with Crippen molar-refractivity contribution in [3.8, 4) is 11.1 Å². The molecule has 3 N–H and O–H groups in total. The van der Waals surface area contributed by atoms with Crippen LogP contribution < -0.4 is 20.9 Å². The number of morpholine rings is 1. The number of anilines is 1. The van der Waals surface area contributed by atoms with Crippen molar-refractivity contribution in [2.75, 3.05) is 44.3 Å². The number of nitrogens with one attached hydrogen (secondary N) is 3. The molecule has 2 heterocycles. The quantitative estimate of drug-likeness (QED) is 0.353. The molecule has 250 valence electrons. The fraction of sp³-hybridized carbons (Fsp3) is 0.595. The van der Waals surface area contributed by atoms with Crippen LogP contribution >= 0.6 is 0 Å². The van der Waals surface area contributed by atoms with Gasteiger partial charge in [-0.15, -0.1) is 0 Å². The first-order valence-corrected chi connectivity index (χ1v) is 17.3. The van der Waals surface area contributed by atoms with Crippen molar-refractivity contribution >= 4 is 23.4 Å². The van der Waals surface area contributed by atoms with Gasteiger partial charge in [0.2, 0.25) is 11.8 Å². The van der Waals surface area contributed by atoms with Gasteiger partial charge in [-0.2, -0.15) is 0 Å². The van der Waals surface area contributed by atoms with Crippen LogP contribution in [0.2, 0.25) is 0 Å². The van der Waals surface area contributed by atoms with Crippen LogP contribution in [-0.4, -0.2) is 80.1 Å². The molecule has 1 saturated carbocycles. The predicted molar refractivity (Wildman–Crippen MR) is 183 cm³/mol. The number of carbonyl (C=O) groups is 3. The normalized spacial score (nSPS) is 25.4. The summed E-state index contributed by atoms with van der Waals surface area (Å²) in [6.07, 6.45) is 4.75. The molecular formula is C37H53N5O4. The molecule has 3 aliphatic rings. The van der Waals surface area contributed by atoms with E-state index in [4.69, 9.17) is 4.74 Å². The summed E-state index contributed by atoms with van der Waals surface area (Å²) in [7, 11) is 0. The van der Waals surface area contributed by atoms with Gasteiger partial charge in [-0.25, -0.2) is 0 Å². The molecule has 3 fully saturated rings. The van der Waals surface area contributed by atoms with Gasteiger partial charge >= 0.3 is 0 Å². The molecule has 3 amide bonds. The molecule has 3 atom stereocenters. The van der Waals surface area contributed by atoms with Gasteiger partial charge in [0.15, 0.2) is 0 Å². The van der Waals surface area contributed by atoms with Crippen LogP contribution in [0.1, 0.15) is 81.3 Å². The van der Waals surface area contributed by atoms with E-state index in [2.05, 4.69) is 69.9 Å². The molecule has 0 bridgehead atoms. The minimum Gasteiger partial charge on any atom is -0.379 e. The Morgan fingerprint density at radius 2 is 1.72 bits per heavy atom. The minimum absolute atomic E-state index is 0.0157. The number of amides is 3. The van der Waals surface area contributed by atoms with Crippen molar-refractivity contribution in [2.45, 2.75) is 91.4 Å². The third-order valence-corrected chi connectivity index (χ3v) is 10.2. The maximum absolute atomic E-state index is 13.9. The van der Waals surface area contributed by atoms with E-state index in [0.717, 1.165) is 93.9 Å². The fourth-order valence-electron chi connectivity index (χ4n) is 7.65. The fourth-order valence-corrected chi connectivity index (χ4v) is 7.65. The number of nitrogens with zero attached hydrogens (tertiary/aromatic N) is 2. The molecule has 2 aromatic rings. The summed E-state index contributed by atoms with van der Waals surface area (Å²) in [6.45, 7) is 15.4. The number of benzene rings is 2. The minimum atomic E-state index is -0.243. The molecule has 0 aromatic heterocycles. The maximum Gasteiger partial charge on any atom is 0.251 e. The Labute approximate surface area is 274 Å². The van der Waals surface area contributed by atoms with Crippen LogP contribution in [0.4, 0.5) is 5.69 Å². The van der Waals surface area contributed by atoms with Gasteiger partial charge in [-0.05, 0) is 93.2 Å². The number of rotatable bonds is 10. The van der Waals surface area contributed by atoms with Gasteiger partial charge in [0, 0.05) is 69.0 Å². The lowest BCUT2D eigenvalue weighted by molar-refractivity contribution is -0.129. The molecular weight excluding hydrogens is 578 g/mol. The average molecular weight is 632 g/mol. The lowest BCUT2D eigenvalue weighted by Crippen LogP contribution is -2.50. The maximum atomic E-state index is 13.9. The van der Waals surface area contributed by atoms with Gasteiger partial charge in [-0.1, -0.05) is 31.2 Å². The zero-order valence-corrected chi connectivity index (χ0v) is 28.4. The first-order chi connectivity index (χ1) is 22.1. The Hall–Kier alpha value is -3.43. The van der Waals surface area contributed by atoms with Crippen molar-refractivity contribution in [3.05, 3.63) is 53.1 Å². The first kappa shape index (κ1) is 33.9. The van der Waals surface area contributed by atoms with Crippen molar-refractivity contribution in [2.24, 2.45) is 11.8 Å². The Balaban J connectivity index is 1.41. The summed E-state index contributed by atoms with van der Waals surface area (Å²) in [6, 6.07) is 13.7. The lowest BCUT2D eigenvalue weighted by atomic mass is 9.84. The second-order valence-electron chi connectivity index (χ2n) is 13.7. The molecule has 2 aromatic carbocycles. The number of hydrogen-bond acceptors (Lipinski definition) is 6. The molecule has 46 heavy (non-hydrogen) atoms. The largest absolute Gasteiger partial charge is 0.379 e. The van der Waals surface area contributed by atoms with Crippen LogP contribution in [0.25, 0.3) is 11.1 Å². The van der Waals surface area contributed by atoms with E-state index >= 15 is 0 Å². The molecule has 0 radical (unpaired) electrons. The van der Waals surface area contributed by atoms with Crippen LogP contribution in [0.5, 0.6) is 0 Å². The van der Waals surface area contributed by atoms with E-state index in [-0.39, 0.29) is 41.6 Å². The van der Waals surface area contributed by atoms with Crippen LogP contribution in [0, 0.1) is 18.8 Å². The third-order valence-electron chi connectivity index (χ3n) is 10.2. The zero-order chi connectivity index (χ0) is 32.8. The van der Waals surface area contributed by atoms with E-state index in [1.54, 1.807) is 6.92 Å². The summed E-state index contributed by atoms with van der Waals surface area (Å²) in [4.78, 5) is 43.2. The third kappa shape index (κ3) is 8.28. The highest BCUT2D eigenvalue weighted by molar-refractivity contribution is 5.99. The number of piperidine rings is 1. The van der Waals surface area contributed by atoms with E-state index < -0.39 is 0 Å². The summed E-state index contributed by atoms with van der Waals surface area (Å²) in [5.74, 6) is -0.143. The summed E-state index contributed by atoms with van der Waals surface area (Å²) in [5.41, 5.74) is 6.00. The Bertz CT molecular complexity index is 1360. The molecule has 3 unspecified atom stereocenters. The number of ether oxygens (including phenoxy) is 1. The van der Waals surface area contributed by atoms with E-state index in [0.29, 0.717) is 18.2 Å². The monoisotopic (exact) mass is 631 g/mol. The van der Waals surface area contributed by atoms with Gasteiger partial charge in [-0.3, -0.25) is 19.3 Å². The average Bonchev–Trinajstić information content (AvgIpc) is 3.03. The summed E-state index contributed by atoms with van der Waals surface area (Å²) >= 11 is 0. The number of carbonyl (C=O) groups excluding carboxylic acids is 3. The van der Waals surface area contributed by atoms with Gasteiger partial charge in [0.05, 0.1) is 19.1 Å². The lowest BCUT2D eigenvalue weighted by Gasteiger charge is -2.39. The molecule has 1 aliphatic carbocycles. The predicted octanol–water partition coefficient (Wildman–Crippen LogP) is 4.66. The Morgan fingerprint density at radius 3 is 2.35 bits per heavy atom. The molecule has 9 heteroatoms. The number of hydrogen-bond donors (Lipinski definition) is 3. The second-order valence-corrected chi connectivity index (χ2v) is 13.7. The van der Waals surface area contributed by atoms with Gasteiger partial charge < -0.3 is 25.6 Å². The summed E-state index contributed by atoms with van der Waals surface area (Å²) in [5, 5.41) is 9.28. The van der Waals surface area contributed by atoms with Crippen molar-refractivity contribution in [3.63, 3.8) is 0 Å². The standard InChI is InChI=1S/C37H53N5O4/c1-6-42(32-13-11-31(12-14-32)40-27(5)43)35-21-30(29-9-7-28(8-10-29)23-41-15-17-46-18-16-41)20-33(26(35)4)36(44)38-22-34-24(2)19-25(3)39-37(34)45/h7-10,20-21,24-25,31-32,34H,6,11-19,22-23H2,1-5H3,(H,38,44)(H,39,45)(H,40,43)/t24?,25?,31-,32-,34?. The summed E-state index contributed by atoms with van der Waals surface area (Å²) < 4.78 is 5.51. The van der Waals surface area contributed by atoms with E-state index in [9.17, 15) is 14.4 Å². The van der Waals surface area contributed by atoms with Crippen molar-refractivity contribution < 1.29 is 19.1 Å². The molecule has 2 aliphatic heterocycles. The van der Waals surface area contributed by atoms with Crippen LogP contribution in [0.15, 0.2) is 36.4 Å². The Morgan fingerprint density at radius 1 is 1.02 bits per heavy atom. The second kappa shape index (κ2) is 15.4.